The van der Waals surface area contributed by atoms with E-state index in [4.69, 9.17) is 0 Å². The summed E-state index contributed by atoms with van der Waals surface area (Å²) in [4.78, 5) is 0. The second-order valence-electron chi connectivity index (χ2n) is 3.79. The standard InChI is InChI=1S/C13H18FO/c14-10-4-8-13(9-5-11-15)12-6-2-1-3-7-12/h1-3,6-7,13H,4-5,8-11H2. The highest BCUT2D eigenvalue weighted by Gasteiger charge is 2.10. The van der Waals surface area contributed by atoms with Crippen LogP contribution in [0.3, 0.4) is 0 Å². The molecule has 0 spiro atoms. The summed E-state index contributed by atoms with van der Waals surface area (Å²) >= 11 is 0. The van der Waals surface area contributed by atoms with E-state index in [9.17, 15) is 9.50 Å². The van der Waals surface area contributed by atoms with Gasteiger partial charge in [-0.3, -0.25) is 4.39 Å². The first-order chi connectivity index (χ1) is 7.38. The van der Waals surface area contributed by atoms with Gasteiger partial charge >= 0.3 is 0 Å². The van der Waals surface area contributed by atoms with Gasteiger partial charge in [0.05, 0.1) is 13.3 Å². The van der Waals surface area contributed by atoms with Crippen molar-refractivity contribution >= 4 is 0 Å². The Hall–Kier alpha value is -0.890. The third kappa shape index (κ3) is 4.43. The van der Waals surface area contributed by atoms with Crippen molar-refractivity contribution < 1.29 is 9.50 Å². The van der Waals surface area contributed by atoms with E-state index >= 15 is 0 Å². The first-order valence-corrected chi connectivity index (χ1v) is 5.57. The lowest BCUT2D eigenvalue weighted by atomic mass is 9.90. The molecule has 0 aliphatic carbocycles. The van der Waals surface area contributed by atoms with Crippen LogP contribution in [0.5, 0.6) is 0 Å². The topological polar surface area (TPSA) is 19.9 Å². The van der Waals surface area contributed by atoms with Gasteiger partial charge in [-0.15, -0.1) is 0 Å². The maximum atomic E-state index is 12.1. The van der Waals surface area contributed by atoms with Crippen molar-refractivity contribution in [1.82, 2.24) is 0 Å². The largest absolute Gasteiger partial charge is 0.251 e. The molecule has 0 heterocycles. The van der Waals surface area contributed by atoms with Crippen molar-refractivity contribution in [2.24, 2.45) is 0 Å². The summed E-state index contributed by atoms with van der Waals surface area (Å²) in [6, 6.07) is 10.1. The van der Waals surface area contributed by atoms with Crippen LogP contribution in [-0.2, 0) is 5.11 Å². The molecule has 0 N–H and O–H groups in total. The van der Waals surface area contributed by atoms with Gasteiger partial charge in [-0.2, -0.15) is 0 Å². The fourth-order valence-electron chi connectivity index (χ4n) is 1.86. The number of benzene rings is 1. The molecule has 83 valence electrons. The number of alkyl halides is 1. The van der Waals surface area contributed by atoms with Crippen LogP contribution in [0.15, 0.2) is 30.3 Å². The molecule has 0 aromatic heterocycles. The van der Waals surface area contributed by atoms with Gasteiger partial charge in [0.1, 0.15) is 0 Å². The molecule has 0 bridgehead atoms. The molecule has 2 heteroatoms. The van der Waals surface area contributed by atoms with Crippen LogP contribution in [0.2, 0.25) is 0 Å². The lowest BCUT2D eigenvalue weighted by molar-refractivity contribution is 0.183. The van der Waals surface area contributed by atoms with Crippen LogP contribution in [0.1, 0.15) is 37.2 Å². The average molecular weight is 209 g/mol. The van der Waals surface area contributed by atoms with Crippen LogP contribution in [-0.4, -0.2) is 13.3 Å². The predicted octanol–water partition coefficient (Wildman–Crippen LogP) is 3.73. The second kappa shape index (κ2) is 7.41. The summed E-state index contributed by atoms with van der Waals surface area (Å²) in [7, 11) is 0. The fraction of sp³-hybridized carbons (Fsp3) is 0.538. The molecule has 1 rings (SSSR count). The van der Waals surface area contributed by atoms with E-state index in [0.717, 1.165) is 12.8 Å². The minimum absolute atomic E-state index is 0.0288. The molecular weight excluding hydrogens is 191 g/mol. The Kier molecular flexibility index (Phi) is 6.02. The highest BCUT2D eigenvalue weighted by atomic mass is 19.1. The lowest BCUT2D eigenvalue weighted by Gasteiger charge is -2.15. The summed E-state index contributed by atoms with van der Waals surface area (Å²) < 4.78 is 12.1. The third-order valence-corrected chi connectivity index (χ3v) is 2.65. The van der Waals surface area contributed by atoms with Gasteiger partial charge in [-0.1, -0.05) is 30.3 Å². The number of rotatable bonds is 7. The van der Waals surface area contributed by atoms with E-state index in [1.165, 1.54) is 5.56 Å². The van der Waals surface area contributed by atoms with Crippen LogP contribution in [0.25, 0.3) is 0 Å². The van der Waals surface area contributed by atoms with Crippen molar-refractivity contribution in [3.05, 3.63) is 35.9 Å². The minimum atomic E-state index is -0.263. The van der Waals surface area contributed by atoms with Gasteiger partial charge < -0.3 is 0 Å². The average Bonchev–Trinajstić information content (AvgIpc) is 2.30. The maximum Gasteiger partial charge on any atom is 0.0894 e. The van der Waals surface area contributed by atoms with E-state index in [0.29, 0.717) is 18.8 Å². The first kappa shape index (κ1) is 12.2. The van der Waals surface area contributed by atoms with E-state index in [1.807, 2.05) is 18.2 Å². The Balaban J connectivity index is 2.55. The molecule has 1 aromatic carbocycles. The van der Waals surface area contributed by atoms with Crippen LogP contribution in [0, 0.1) is 0 Å². The zero-order chi connectivity index (χ0) is 10.9. The Morgan fingerprint density at radius 1 is 1.07 bits per heavy atom. The second-order valence-corrected chi connectivity index (χ2v) is 3.79. The normalized spacial score (nSPS) is 12.7. The summed E-state index contributed by atoms with van der Waals surface area (Å²) in [5.41, 5.74) is 1.24. The molecule has 0 amide bonds. The molecule has 1 atom stereocenters. The molecule has 0 saturated heterocycles. The van der Waals surface area contributed by atoms with E-state index in [1.54, 1.807) is 0 Å². The number of halogens is 1. The zero-order valence-electron chi connectivity index (χ0n) is 8.99. The third-order valence-electron chi connectivity index (χ3n) is 2.65. The van der Waals surface area contributed by atoms with Crippen molar-refractivity contribution in [3.63, 3.8) is 0 Å². The summed E-state index contributed by atoms with van der Waals surface area (Å²) in [5, 5.41) is 10.5. The molecule has 1 radical (unpaired) electrons. The summed E-state index contributed by atoms with van der Waals surface area (Å²) in [6.07, 6.45) is 3.01. The molecule has 0 saturated carbocycles. The van der Waals surface area contributed by atoms with Crippen LogP contribution < -0.4 is 0 Å². The van der Waals surface area contributed by atoms with Gasteiger partial charge in [-0.05, 0) is 37.2 Å². The molecular formula is C13H18FO. The van der Waals surface area contributed by atoms with Crippen molar-refractivity contribution in [3.8, 4) is 0 Å². The van der Waals surface area contributed by atoms with Gasteiger partial charge in [0.25, 0.3) is 0 Å². The number of hydrogen-bond acceptors (Lipinski definition) is 0. The van der Waals surface area contributed by atoms with Gasteiger partial charge in [0.2, 0.25) is 0 Å². The Morgan fingerprint density at radius 2 is 1.73 bits per heavy atom. The highest BCUT2D eigenvalue weighted by Crippen LogP contribution is 2.25. The van der Waals surface area contributed by atoms with Crippen LogP contribution >= 0.6 is 0 Å². The lowest BCUT2D eigenvalue weighted by Crippen LogP contribution is -2.00. The summed E-state index contributed by atoms with van der Waals surface area (Å²) in [6.45, 7) is -0.292. The molecule has 1 aromatic rings. The van der Waals surface area contributed by atoms with Crippen LogP contribution in [0.4, 0.5) is 4.39 Å². The SMILES string of the molecule is [O]CCCC(CCCF)c1ccccc1. The van der Waals surface area contributed by atoms with E-state index in [-0.39, 0.29) is 13.3 Å². The predicted molar refractivity (Wildman–Crippen MR) is 59.2 cm³/mol. The molecule has 15 heavy (non-hydrogen) atoms. The minimum Gasteiger partial charge on any atom is -0.251 e. The quantitative estimate of drug-likeness (QED) is 0.652. The Bertz CT molecular complexity index is 240. The molecule has 0 aliphatic rings. The number of hydrogen-bond donors (Lipinski definition) is 0. The van der Waals surface area contributed by atoms with E-state index in [2.05, 4.69) is 12.1 Å². The molecule has 0 aliphatic heterocycles. The van der Waals surface area contributed by atoms with Gasteiger partial charge in [0.15, 0.2) is 0 Å². The van der Waals surface area contributed by atoms with Crippen molar-refractivity contribution in [2.45, 2.75) is 31.6 Å². The highest BCUT2D eigenvalue weighted by molar-refractivity contribution is 5.19. The molecule has 1 unspecified atom stereocenters. The Morgan fingerprint density at radius 3 is 2.33 bits per heavy atom. The molecule has 0 fully saturated rings. The zero-order valence-corrected chi connectivity index (χ0v) is 8.99. The van der Waals surface area contributed by atoms with E-state index < -0.39 is 0 Å². The van der Waals surface area contributed by atoms with Crippen molar-refractivity contribution in [1.29, 1.82) is 0 Å². The van der Waals surface area contributed by atoms with Gasteiger partial charge in [0, 0.05) is 0 Å². The maximum absolute atomic E-state index is 12.1. The summed E-state index contributed by atoms with van der Waals surface area (Å²) in [5.74, 6) is 0.357. The monoisotopic (exact) mass is 209 g/mol. The Labute approximate surface area is 90.9 Å². The smallest absolute Gasteiger partial charge is 0.0894 e. The fourth-order valence-corrected chi connectivity index (χ4v) is 1.86. The van der Waals surface area contributed by atoms with Gasteiger partial charge in [-0.25, -0.2) is 5.11 Å². The molecule has 1 nitrogen and oxygen atoms in total. The first-order valence-electron chi connectivity index (χ1n) is 5.57. The van der Waals surface area contributed by atoms with Crippen molar-refractivity contribution in [2.75, 3.05) is 13.3 Å².